The fourth-order valence-electron chi connectivity index (χ4n) is 2.35. The van der Waals surface area contributed by atoms with Crippen LogP contribution in [0.3, 0.4) is 0 Å². The Kier molecular flexibility index (Phi) is 6.95. The number of carbonyl (C=O) groups is 2. The summed E-state index contributed by atoms with van der Waals surface area (Å²) in [7, 11) is -3.43. The Morgan fingerprint density at radius 1 is 0.889 bits per heavy atom. The van der Waals surface area contributed by atoms with Crippen molar-refractivity contribution in [2.45, 2.75) is 26.7 Å². The van der Waals surface area contributed by atoms with Crippen LogP contribution in [-0.4, -0.2) is 26.0 Å². The van der Waals surface area contributed by atoms with Crippen LogP contribution in [0.25, 0.3) is 0 Å². The Balaban J connectivity index is 2.11. The van der Waals surface area contributed by atoms with Gasteiger partial charge < -0.3 is 10.6 Å². The molecule has 3 N–H and O–H groups in total. The molecule has 144 valence electrons. The summed E-state index contributed by atoms with van der Waals surface area (Å²) in [6.07, 6.45) is 0.859. The number of hydrogen-bond donors (Lipinski definition) is 3. The maximum absolute atomic E-state index is 12.5. The maximum Gasteiger partial charge on any atom is 0.255 e. The maximum atomic E-state index is 12.5. The first-order valence-electron chi connectivity index (χ1n) is 8.64. The van der Waals surface area contributed by atoms with Crippen molar-refractivity contribution in [1.29, 1.82) is 0 Å². The van der Waals surface area contributed by atoms with Gasteiger partial charge in [-0.1, -0.05) is 26.0 Å². The van der Waals surface area contributed by atoms with Crippen molar-refractivity contribution < 1.29 is 18.0 Å². The molecule has 0 atom stereocenters. The molecule has 0 aliphatic heterocycles. The summed E-state index contributed by atoms with van der Waals surface area (Å²) in [5.74, 6) is -0.490. The number of rotatable bonds is 8. The molecule has 0 bridgehead atoms. The highest BCUT2D eigenvalue weighted by Crippen LogP contribution is 2.18. The third kappa shape index (κ3) is 6.41. The van der Waals surface area contributed by atoms with Gasteiger partial charge in [0.25, 0.3) is 5.91 Å². The lowest BCUT2D eigenvalue weighted by Crippen LogP contribution is -2.17. The van der Waals surface area contributed by atoms with E-state index in [9.17, 15) is 18.0 Å². The fourth-order valence-corrected chi connectivity index (χ4v) is 3.48. The number of sulfonamides is 1. The quantitative estimate of drug-likeness (QED) is 0.643. The smallest absolute Gasteiger partial charge is 0.255 e. The summed E-state index contributed by atoms with van der Waals surface area (Å²) in [5, 5.41) is 5.46. The van der Waals surface area contributed by atoms with Crippen molar-refractivity contribution in [3.05, 3.63) is 54.1 Å². The van der Waals surface area contributed by atoms with Gasteiger partial charge in [-0.15, -0.1) is 0 Å². The predicted octanol–water partition coefficient (Wildman–Crippen LogP) is 3.44. The molecule has 27 heavy (non-hydrogen) atoms. The normalized spacial score (nSPS) is 10.9. The molecule has 0 aromatic heterocycles. The number of carbonyl (C=O) groups excluding carboxylic acids is 2. The van der Waals surface area contributed by atoms with Crippen LogP contribution in [0.4, 0.5) is 17.1 Å². The molecule has 0 aliphatic rings. The average molecular weight is 389 g/mol. The zero-order chi connectivity index (χ0) is 19.9. The SMILES string of the molecule is CCCS(=O)(=O)Nc1cccc(C(=O)Nc2cccc(NC(=O)CC)c2)c1. The second-order valence-electron chi connectivity index (χ2n) is 5.94. The van der Waals surface area contributed by atoms with Gasteiger partial charge in [0, 0.05) is 29.0 Å². The van der Waals surface area contributed by atoms with Crippen LogP contribution in [0.2, 0.25) is 0 Å². The van der Waals surface area contributed by atoms with Crippen molar-refractivity contribution in [2.24, 2.45) is 0 Å². The van der Waals surface area contributed by atoms with Crippen LogP contribution in [0, 0.1) is 0 Å². The molecule has 2 aromatic carbocycles. The third-order valence-corrected chi connectivity index (χ3v) is 5.09. The standard InChI is InChI=1S/C19H23N3O4S/c1-3-11-27(25,26)22-17-10-5-7-14(12-17)19(24)21-16-9-6-8-15(13-16)20-18(23)4-2/h5-10,12-13,22H,3-4,11H2,1-2H3,(H,20,23)(H,21,24). The van der Waals surface area contributed by atoms with Crippen LogP contribution in [-0.2, 0) is 14.8 Å². The highest BCUT2D eigenvalue weighted by molar-refractivity contribution is 7.92. The number of nitrogens with one attached hydrogen (secondary N) is 3. The van der Waals surface area contributed by atoms with E-state index in [0.717, 1.165) is 0 Å². The van der Waals surface area contributed by atoms with Crippen molar-refractivity contribution >= 4 is 38.9 Å². The molecule has 0 spiro atoms. The molecule has 0 fully saturated rings. The molecule has 7 nitrogen and oxygen atoms in total. The van der Waals surface area contributed by atoms with Gasteiger partial charge in [0.2, 0.25) is 15.9 Å². The summed E-state index contributed by atoms with van der Waals surface area (Å²) in [6.45, 7) is 3.53. The third-order valence-electron chi connectivity index (χ3n) is 3.60. The lowest BCUT2D eigenvalue weighted by Gasteiger charge is -2.10. The number of hydrogen-bond acceptors (Lipinski definition) is 4. The molecule has 2 aromatic rings. The molecule has 0 unspecified atom stereocenters. The van der Waals surface area contributed by atoms with E-state index in [-0.39, 0.29) is 17.6 Å². The van der Waals surface area contributed by atoms with Crippen molar-refractivity contribution in [3.8, 4) is 0 Å². The fraction of sp³-hybridized carbons (Fsp3) is 0.263. The first-order chi connectivity index (χ1) is 12.8. The second kappa shape index (κ2) is 9.18. The molecule has 0 aliphatic carbocycles. The minimum absolute atomic E-state index is 0.0136. The summed E-state index contributed by atoms with van der Waals surface area (Å²) in [5.41, 5.74) is 1.75. The molecular weight excluding hydrogens is 366 g/mol. The van der Waals surface area contributed by atoms with Crippen LogP contribution < -0.4 is 15.4 Å². The van der Waals surface area contributed by atoms with Gasteiger partial charge in [0.1, 0.15) is 0 Å². The van der Waals surface area contributed by atoms with Crippen LogP contribution in [0.15, 0.2) is 48.5 Å². The van der Waals surface area contributed by atoms with Gasteiger partial charge in [-0.2, -0.15) is 0 Å². The summed E-state index contributed by atoms with van der Waals surface area (Å²) in [6, 6.07) is 13.1. The zero-order valence-corrected chi connectivity index (χ0v) is 16.1. The number of anilines is 3. The molecule has 2 rings (SSSR count). The Morgan fingerprint density at radius 2 is 1.52 bits per heavy atom. The van der Waals surface area contributed by atoms with E-state index < -0.39 is 10.0 Å². The minimum atomic E-state index is -3.43. The van der Waals surface area contributed by atoms with Gasteiger partial charge >= 0.3 is 0 Å². The molecule has 0 saturated carbocycles. The molecule has 0 saturated heterocycles. The van der Waals surface area contributed by atoms with E-state index in [1.165, 1.54) is 6.07 Å². The number of benzene rings is 2. The van der Waals surface area contributed by atoms with E-state index in [2.05, 4.69) is 15.4 Å². The predicted molar refractivity (Wildman–Crippen MR) is 107 cm³/mol. The first kappa shape index (κ1) is 20.4. The number of amides is 2. The zero-order valence-electron chi connectivity index (χ0n) is 15.3. The summed E-state index contributed by atoms with van der Waals surface area (Å²) in [4.78, 5) is 24.0. The lowest BCUT2D eigenvalue weighted by molar-refractivity contribution is -0.115. The van der Waals surface area contributed by atoms with Crippen LogP contribution in [0.1, 0.15) is 37.0 Å². The van der Waals surface area contributed by atoms with E-state index in [1.54, 1.807) is 56.3 Å². The van der Waals surface area contributed by atoms with E-state index >= 15 is 0 Å². The Bertz CT molecular complexity index is 926. The molecule has 2 amide bonds. The Labute approximate surface area is 159 Å². The van der Waals surface area contributed by atoms with Crippen molar-refractivity contribution in [1.82, 2.24) is 0 Å². The highest BCUT2D eigenvalue weighted by atomic mass is 32.2. The largest absolute Gasteiger partial charge is 0.326 e. The molecule has 8 heteroatoms. The van der Waals surface area contributed by atoms with Gasteiger partial charge in [0.05, 0.1) is 5.75 Å². The Morgan fingerprint density at radius 3 is 2.19 bits per heavy atom. The molecular formula is C19H23N3O4S. The van der Waals surface area contributed by atoms with Gasteiger partial charge in [-0.05, 0) is 42.8 Å². The van der Waals surface area contributed by atoms with E-state index in [4.69, 9.17) is 0 Å². The molecule has 0 radical (unpaired) electrons. The van der Waals surface area contributed by atoms with Crippen LogP contribution in [0.5, 0.6) is 0 Å². The summed E-state index contributed by atoms with van der Waals surface area (Å²) >= 11 is 0. The Hall–Kier alpha value is -2.87. The van der Waals surface area contributed by atoms with E-state index in [0.29, 0.717) is 35.5 Å². The van der Waals surface area contributed by atoms with Gasteiger partial charge in [-0.25, -0.2) is 8.42 Å². The van der Waals surface area contributed by atoms with E-state index in [1.807, 2.05) is 0 Å². The summed E-state index contributed by atoms with van der Waals surface area (Å²) < 4.78 is 26.2. The minimum Gasteiger partial charge on any atom is -0.326 e. The topological polar surface area (TPSA) is 104 Å². The van der Waals surface area contributed by atoms with Crippen molar-refractivity contribution in [2.75, 3.05) is 21.1 Å². The average Bonchev–Trinajstić information content (AvgIpc) is 2.61. The molecule has 0 heterocycles. The van der Waals surface area contributed by atoms with Gasteiger partial charge in [-0.3, -0.25) is 14.3 Å². The lowest BCUT2D eigenvalue weighted by atomic mass is 10.2. The highest BCUT2D eigenvalue weighted by Gasteiger charge is 2.12. The second-order valence-corrected chi connectivity index (χ2v) is 7.78. The monoisotopic (exact) mass is 389 g/mol. The van der Waals surface area contributed by atoms with Crippen LogP contribution >= 0.6 is 0 Å². The van der Waals surface area contributed by atoms with Crippen molar-refractivity contribution in [3.63, 3.8) is 0 Å². The first-order valence-corrected chi connectivity index (χ1v) is 10.3. The van der Waals surface area contributed by atoms with Gasteiger partial charge in [0.15, 0.2) is 0 Å².